The van der Waals surface area contributed by atoms with Crippen molar-refractivity contribution in [2.45, 2.75) is 19.8 Å². The number of Topliss-reactive ketones (excluding diaryl/α,β-unsaturated/α-hetero) is 1. The van der Waals surface area contributed by atoms with Crippen molar-refractivity contribution in [3.05, 3.63) is 28.8 Å². The summed E-state index contributed by atoms with van der Waals surface area (Å²) in [6, 6.07) is 5.32. The van der Waals surface area contributed by atoms with Crippen LogP contribution >= 0.6 is 11.6 Å². The molecule has 0 spiro atoms. The summed E-state index contributed by atoms with van der Waals surface area (Å²) in [6.07, 6.45) is 1.18. The van der Waals surface area contributed by atoms with Gasteiger partial charge in [0.05, 0.1) is 0 Å². The second kappa shape index (κ2) is 4.28. The summed E-state index contributed by atoms with van der Waals surface area (Å²) in [5.41, 5.74) is 7.22. The molecule has 3 heteroatoms. The van der Waals surface area contributed by atoms with Crippen LogP contribution in [0.3, 0.4) is 0 Å². The number of benzene rings is 1. The zero-order chi connectivity index (χ0) is 9.84. The van der Waals surface area contributed by atoms with Crippen molar-refractivity contribution in [3.8, 4) is 0 Å². The fraction of sp³-hybridized carbons (Fsp3) is 0.300. The monoisotopic (exact) mass is 197 g/mol. The van der Waals surface area contributed by atoms with E-state index >= 15 is 0 Å². The Morgan fingerprint density at radius 1 is 1.54 bits per heavy atom. The van der Waals surface area contributed by atoms with E-state index in [-0.39, 0.29) is 5.78 Å². The van der Waals surface area contributed by atoms with E-state index in [4.69, 9.17) is 17.3 Å². The Kier molecular flexibility index (Phi) is 3.32. The van der Waals surface area contributed by atoms with Crippen molar-refractivity contribution in [1.82, 2.24) is 0 Å². The molecule has 70 valence electrons. The highest BCUT2D eigenvalue weighted by molar-refractivity contribution is 6.31. The van der Waals surface area contributed by atoms with E-state index < -0.39 is 0 Å². The zero-order valence-corrected chi connectivity index (χ0v) is 8.27. The van der Waals surface area contributed by atoms with Gasteiger partial charge in [-0.05, 0) is 37.1 Å². The van der Waals surface area contributed by atoms with Gasteiger partial charge in [0.1, 0.15) is 5.78 Å². The van der Waals surface area contributed by atoms with Crippen LogP contribution < -0.4 is 5.73 Å². The van der Waals surface area contributed by atoms with Crippen LogP contribution in [0.1, 0.15) is 18.9 Å². The Labute approximate surface area is 82.7 Å². The number of hydrogen-bond donors (Lipinski definition) is 1. The van der Waals surface area contributed by atoms with Crippen LogP contribution in [0.2, 0.25) is 5.02 Å². The molecular formula is C10H12ClNO. The van der Waals surface area contributed by atoms with Gasteiger partial charge in [-0.2, -0.15) is 0 Å². The molecule has 0 aromatic heterocycles. The van der Waals surface area contributed by atoms with E-state index in [1.54, 1.807) is 19.1 Å². The maximum Gasteiger partial charge on any atom is 0.130 e. The smallest absolute Gasteiger partial charge is 0.130 e. The normalized spacial score (nSPS) is 10.0. The van der Waals surface area contributed by atoms with E-state index in [9.17, 15) is 4.79 Å². The molecule has 0 radical (unpaired) electrons. The molecule has 0 aliphatic carbocycles. The van der Waals surface area contributed by atoms with E-state index in [2.05, 4.69) is 0 Å². The number of anilines is 1. The van der Waals surface area contributed by atoms with Gasteiger partial charge in [-0.3, -0.25) is 0 Å². The average molecular weight is 198 g/mol. The maximum absolute atomic E-state index is 10.7. The van der Waals surface area contributed by atoms with Gasteiger partial charge in [0, 0.05) is 17.1 Å². The molecule has 1 aromatic rings. The third-order valence-corrected chi connectivity index (χ3v) is 2.18. The van der Waals surface area contributed by atoms with Gasteiger partial charge in [0.25, 0.3) is 0 Å². The van der Waals surface area contributed by atoms with Crippen molar-refractivity contribution >= 4 is 23.1 Å². The van der Waals surface area contributed by atoms with Crippen molar-refractivity contribution in [1.29, 1.82) is 0 Å². The zero-order valence-electron chi connectivity index (χ0n) is 7.51. The van der Waals surface area contributed by atoms with Gasteiger partial charge < -0.3 is 10.5 Å². The molecule has 0 unspecified atom stereocenters. The maximum atomic E-state index is 10.7. The molecule has 0 saturated carbocycles. The highest BCUT2D eigenvalue weighted by atomic mass is 35.5. The first kappa shape index (κ1) is 10.1. The molecule has 0 aliphatic rings. The van der Waals surface area contributed by atoms with Crippen molar-refractivity contribution < 1.29 is 4.79 Å². The molecule has 2 N–H and O–H groups in total. The van der Waals surface area contributed by atoms with Gasteiger partial charge in [-0.15, -0.1) is 0 Å². The van der Waals surface area contributed by atoms with E-state index in [1.807, 2.05) is 6.07 Å². The number of nitrogen functional groups attached to an aromatic ring is 1. The number of aryl methyl sites for hydroxylation is 1. The summed E-state index contributed by atoms with van der Waals surface area (Å²) in [5, 5.41) is 0.676. The summed E-state index contributed by atoms with van der Waals surface area (Å²) in [6.45, 7) is 1.57. The lowest BCUT2D eigenvalue weighted by atomic mass is 10.1. The molecule has 13 heavy (non-hydrogen) atoms. The molecule has 0 bridgehead atoms. The summed E-state index contributed by atoms with van der Waals surface area (Å²) in [5.74, 6) is 0.165. The minimum Gasteiger partial charge on any atom is -0.399 e. The lowest BCUT2D eigenvalue weighted by Gasteiger charge is -2.03. The number of ketones is 1. The second-order valence-electron chi connectivity index (χ2n) is 3.05. The molecule has 0 aliphatic heterocycles. The first-order valence-corrected chi connectivity index (χ1v) is 4.50. The molecule has 1 aromatic carbocycles. The van der Waals surface area contributed by atoms with Crippen molar-refractivity contribution in [3.63, 3.8) is 0 Å². The number of carbonyl (C=O) groups is 1. The van der Waals surface area contributed by atoms with Gasteiger partial charge >= 0.3 is 0 Å². The minimum atomic E-state index is 0.165. The molecule has 0 heterocycles. The summed E-state index contributed by atoms with van der Waals surface area (Å²) >= 11 is 5.91. The first-order chi connectivity index (χ1) is 6.09. The fourth-order valence-corrected chi connectivity index (χ4v) is 1.31. The quantitative estimate of drug-likeness (QED) is 0.757. The lowest BCUT2D eigenvalue weighted by molar-refractivity contribution is -0.116. The largest absolute Gasteiger partial charge is 0.399 e. The average Bonchev–Trinajstić information content (AvgIpc) is 2.06. The van der Waals surface area contributed by atoms with Crippen LogP contribution in [0.4, 0.5) is 5.69 Å². The van der Waals surface area contributed by atoms with E-state index in [0.29, 0.717) is 23.6 Å². The van der Waals surface area contributed by atoms with Gasteiger partial charge in [-0.1, -0.05) is 11.6 Å². The van der Waals surface area contributed by atoms with Crippen LogP contribution in [0.15, 0.2) is 18.2 Å². The number of halogens is 1. The Balaban J connectivity index is 2.75. The van der Waals surface area contributed by atoms with E-state index in [1.165, 1.54) is 0 Å². The Hall–Kier alpha value is -1.02. The standard InChI is InChI=1S/C10H12ClNO/c1-7(13)2-3-8-6-9(12)4-5-10(8)11/h4-6H,2-3,12H2,1H3. The third kappa shape index (κ3) is 3.07. The Morgan fingerprint density at radius 2 is 2.23 bits per heavy atom. The predicted molar refractivity (Wildman–Crippen MR) is 54.9 cm³/mol. The summed E-state index contributed by atoms with van der Waals surface area (Å²) in [7, 11) is 0. The number of hydrogen-bond acceptors (Lipinski definition) is 2. The molecule has 1 rings (SSSR count). The summed E-state index contributed by atoms with van der Waals surface area (Å²) < 4.78 is 0. The molecule has 0 amide bonds. The van der Waals surface area contributed by atoms with Gasteiger partial charge in [0.2, 0.25) is 0 Å². The predicted octanol–water partition coefficient (Wildman–Crippen LogP) is 2.44. The van der Waals surface area contributed by atoms with E-state index in [0.717, 1.165) is 5.56 Å². The number of nitrogens with two attached hydrogens (primary N) is 1. The van der Waals surface area contributed by atoms with Crippen LogP contribution in [0.25, 0.3) is 0 Å². The molecule has 2 nitrogen and oxygen atoms in total. The number of carbonyl (C=O) groups excluding carboxylic acids is 1. The molecule has 0 fully saturated rings. The van der Waals surface area contributed by atoms with Crippen LogP contribution in [-0.4, -0.2) is 5.78 Å². The Morgan fingerprint density at radius 3 is 2.85 bits per heavy atom. The highest BCUT2D eigenvalue weighted by Gasteiger charge is 2.02. The first-order valence-electron chi connectivity index (χ1n) is 4.13. The Bertz CT molecular complexity index is 323. The van der Waals surface area contributed by atoms with Crippen molar-refractivity contribution in [2.75, 3.05) is 5.73 Å². The number of rotatable bonds is 3. The highest BCUT2D eigenvalue weighted by Crippen LogP contribution is 2.20. The molecule has 0 saturated heterocycles. The van der Waals surface area contributed by atoms with Crippen molar-refractivity contribution in [2.24, 2.45) is 0 Å². The minimum absolute atomic E-state index is 0.165. The lowest BCUT2D eigenvalue weighted by Crippen LogP contribution is -1.96. The second-order valence-corrected chi connectivity index (χ2v) is 3.46. The molecule has 0 atom stereocenters. The fourth-order valence-electron chi connectivity index (χ4n) is 1.10. The summed E-state index contributed by atoms with van der Waals surface area (Å²) in [4.78, 5) is 10.7. The van der Waals surface area contributed by atoms with Crippen LogP contribution in [0.5, 0.6) is 0 Å². The van der Waals surface area contributed by atoms with Crippen LogP contribution in [-0.2, 0) is 11.2 Å². The topological polar surface area (TPSA) is 43.1 Å². The van der Waals surface area contributed by atoms with Crippen LogP contribution in [0, 0.1) is 0 Å². The molecular weight excluding hydrogens is 186 g/mol. The third-order valence-electron chi connectivity index (χ3n) is 1.82. The van der Waals surface area contributed by atoms with Gasteiger partial charge in [0.15, 0.2) is 0 Å². The van der Waals surface area contributed by atoms with Gasteiger partial charge in [-0.25, -0.2) is 0 Å². The SMILES string of the molecule is CC(=O)CCc1cc(N)ccc1Cl.